The smallest absolute Gasteiger partial charge is 0.290 e. The molecule has 0 spiro atoms. The van der Waals surface area contributed by atoms with Crippen molar-refractivity contribution >= 4 is 11.8 Å². The summed E-state index contributed by atoms with van der Waals surface area (Å²) in [5, 5.41) is 2.97. The Morgan fingerprint density at radius 1 is 1.35 bits per heavy atom. The van der Waals surface area contributed by atoms with E-state index in [9.17, 15) is 9.59 Å². The van der Waals surface area contributed by atoms with Crippen molar-refractivity contribution in [3.8, 4) is 0 Å². The lowest BCUT2D eigenvalue weighted by Crippen LogP contribution is -2.46. The summed E-state index contributed by atoms with van der Waals surface area (Å²) in [7, 11) is 0. The van der Waals surface area contributed by atoms with Crippen LogP contribution >= 0.6 is 0 Å². The predicted molar refractivity (Wildman–Crippen MR) is 71.8 cm³/mol. The van der Waals surface area contributed by atoms with Crippen molar-refractivity contribution in [2.24, 2.45) is 5.73 Å². The summed E-state index contributed by atoms with van der Waals surface area (Å²) in [6.45, 7) is 0.860. The molecule has 6 nitrogen and oxygen atoms in total. The second-order valence-corrected chi connectivity index (χ2v) is 5.41. The Kier molecular flexibility index (Phi) is 3.48. The third-order valence-electron chi connectivity index (χ3n) is 3.81. The lowest BCUT2D eigenvalue weighted by molar-refractivity contribution is -0.125. The van der Waals surface area contributed by atoms with Gasteiger partial charge in [0.15, 0.2) is 5.76 Å². The van der Waals surface area contributed by atoms with E-state index in [-0.39, 0.29) is 30.2 Å². The van der Waals surface area contributed by atoms with Gasteiger partial charge in [-0.2, -0.15) is 0 Å². The van der Waals surface area contributed by atoms with Gasteiger partial charge in [0.25, 0.3) is 5.91 Å². The van der Waals surface area contributed by atoms with Crippen LogP contribution in [0.25, 0.3) is 0 Å². The number of carbonyl (C=O) groups excluding carboxylic acids is 2. The zero-order valence-corrected chi connectivity index (χ0v) is 11.3. The molecule has 1 atom stereocenters. The maximum atomic E-state index is 12.4. The number of carbonyl (C=O) groups is 2. The fourth-order valence-corrected chi connectivity index (χ4v) is 2.55. The summed E-state index contributed by atoms with van der Waals surface area (Å²) in [6, 6.07) is 3.27. The molecule has 20 heavy (non-hydrogen) atoms. The molecule has 2 aliphatic rings. The molecule has 1 aromatic rings. The number of nitrogens with one attached hydrogen (secondary N) is 1. The number of amides is 2. The van der Waals surface area contributed by atoms with Crippen molar-refractivity contribution in [2.75, 3.05) is 6.54 Å². The van der Waals surface area contributed by atoms with Gasteiger partial charge < -0.3 is 20.4 Å². The van der Waals surface area contributed by atoms with Crippen molar-refractivity contribution in [2.45, 2.75) is 44.3 Å². The van der Waals surface area contributed by atoms with Crippen LogP contribution in [-0.2, 0) is 11.3 Å². The summed E-state index contributed by atoms with van der Waals surface area (Å²) < 4.78 is 5.38. The van der Waals surface area contributed by atoms with E-state index in [2.05, 4.69) is 5.32 Å². The van der Waals surface area contributed by atoms with E-state index in [1.807, 2.05) is 0 Å². The van der Waals surface area contributed by atoms with Gasteiger partial charge >= 0.3 is 0 Å². The lowest BCUT2D eigenvalue weighted by atomic mass is 10.2. The quantitative estimate of drug-likeness (QED) is 0.844. The molecule has 108 valence electrons. The van der Waals surface area contributed by atoms with Gasteiger partial charge in [0.2, 0.25) is 5.91 Å². The average Bonchev–Trinajstić information content (AvgIpc) is 2.99. The second-order valence-electron chi connectivity index (χ2n) is 5.41. The molecule has 1 saturated heterocycles. The van der Waals surface area contributed by atoms with Gasteiger partial charge in [0.05, 0.1) is 6.54 Å². The molecule has 3 N–H and O–H groups in total. The van der Waals surface area contributed by atoms with Gasteiger partial charge in [0, 0.05) is 12.6 Å². The first-order chi connectivity index (χ1) is 9.69. The van der Waals surface area contributed by atoms with Crippen molar-refractivity contribution in [1.82, 2.24) is 10.2 Å². The summed E-state index contributed by atoms with van der Waals surface area (Å²) >= 11 is 0. The Bertz CT molecular complexity index is 521. The number of nitrogens with two attached hydrogens (primary N) is 1. The number of likely N-dealkylation sites (tertiary alicyclic amines) is 1. The zero-order valence-electron chi connectivity index (χ0n) is 11.3. The normalized spacial score (nSPS) is 22.1. The molecular weight excluding hydrogens is 258 g/mol. The van der Waals surface area contributed by atoms with Crippen LogP contribution in [0.15, 0.2) is 16.5 Å². The minimum absolute atomic E-state index is 0.0380. The highest BCUT2D eigenvalue weighted by molar-refractivity contribution is 5.96. The van der Waals surface area contributed by atoms with Crippen LogP contribution in [-0.4, -0.2) is 35.3 Å². The van der Waals surface area contributed by atoms with Crippen molar-refractivity contribution in [3.05, 3.63) is 23.7 Å². The fourth-order valence-electron chi connectivity index (χ4n) is 2.55. The largest absolute Gasteiger partial charge is 0.455 e. The van der Waals surface area contributed by atoms with Gasteiger partial charge in [-0.05, 0) is 37.8 Å². The van der Waals surface area contributed by atoms with Gasteiger partial charge in [-0.15, -0.1) is 0 Å². The fraction of sp³-hybridized carbons (Fsp3) is 0.571. The summed E-state index contributed by atoms with van der Waals surface area (Å²) in [6.07, 6.45) is 3.66. The van der Waals surface area contributed by atoms with Crippen LogP contribution in [0.2, 0.25) is 0 Å². The first kappa shape index (κ1) is 13.2. The van der Waals surface area contributed by atoms with E-state index in [1.165, 1.54) is 0 Å². The number of nitrogens with zero attached hydrogens (tertiary/aromatic N) is 1. The van der Waals surface area contributed by atoms with Crippen molar-refractivity contribution < 1.29 is 14.0 Å². The molecule has 0 aromatic carbocycles. The first-order valence-electron chi connectivity index (χ1n) is 7.09. The molecule has 1 aliphatic carbocycles. The Balaban J connectivity index is 1.70. The van der Waals surface area contributed by atoms with Gasteiger partial charge in [-0.25, -0.2) is 0 Å². The number of furan rings is 1. The summed E-state index contributed by atoms with van der Waals surface area (Å²) in [5.41, 5.74) is 5.47. The van der Waals surface area contributed by atoms with Gasteiger partial charge in [-0.3, -0.25) is 9.59 Å². The monoisotopic (exact) mass is 277 g/mol. The number of hydrogen-bond donors (Lipinski definition) is 2. The van der Waals surface area contributed by atoms with E-state index in [0.29, 0.717) is 18.3 Å². The third kappa shape index (κ3) is 2.56. The zero-order chi connectivity index (χ0) is 14.1. The average molecular weight is 277 g/mol. The maximum Gasteiger partial charge on any atom is 0.290 e. The van der Waals surface area contributed by atoms with Crippen LogP contribution in [0.5, 0.6) is 0 Å². The van der Waals surface area contributed by atoms with E-state index < -0.39 is 0 Å². The Morgan fingerprint density at radius 2 is 2.15 bits per heavy atom. The summed E-state index contributed by atoms with van der Waals surface area (Å²) in [5.74, 6) is 0.574. The molecule has 3 rings (SSSR count). The van der Waals surface area contributed by atoms with Crippen LogP contribution in [0.4, 0.5) is 0 Å². The second kappa shape index (κ2) is 5.28. The molecule has 1 aromatic heterocycles. The maximum absolute atomic E-state index is 12.4. The Morgan fingerprint density at radius 3 is 2.80 bits per heavy atom. The molecule has 2 fully saturated rings. The van der Waals surface area contributed by atoms with Crippen LogP contribution in [0.3, 0.4) is 0 Å². The molecule has 1 unspecified atom stereocenters. The molecular formula is C14H19N3O3. The van der Waals surface area contributed by atoms with E-state index in [4.69, 9.17) is 10.2 Å². The number of hydrogen-bond acceptors (Lipinski definition) is 4. The van der Waals surface area contributed by atoms with Gasteiger partial charge in [-0.1, -0.05) is 0 Å². The molecule has 6 heteroatoms. The highest BCUT2D eigenvalue weighted by Crippen LogP contribution is 2.24. The topological polar surface area (TPSA) is 88.6 Å². The van der Waals surface area contributed by atoms with Crippen molar-refractivity contribution in [3.63, 3.8) is 0 Å². The number of rotatable bonds is 4. The highest BCUT2D eigenvalue weighted by atomic mass is 16.4. The lowest BCUT2D eigenvalue weighted by Gasteiger charge is -2.23. The SMILES string of the molecule is NCc1ccc(C(=O)N2CCCC2C(=O)NC2CC2)o1. The molecule has 2 heterocycles. The minimum atomic E-state index is -0.366. The van der Waals surface area contributed by atoms with E-state index >= 15 is 0 Å². The third-order valence-corrected chi connectivity index (χ3v) is 3.81. The molecule has 1 saturated carbocycles. The summed E-state index contributed by atoms with van der Waals surface area (Å²) in [4.78, 5) is 26.2. The van der Waals surface area contributed by atoms with Crippen LogP contribution < -0.4 is 11.1 Å². The molecule has 1 aliphatic heterocycles. The predicted octanol–water partition coefficient (Wildman–Crippen LogP) is 0.621. The Labute approximate surface area is 117 Å². The first-order valence-corrected chi connectivity index (χ1v) is 7.09. The van der Waals surface area contributed by atoms with E-state index in [0.717, 1.165) is 25.7 Å². The highest BCUT2D eigenvalue weighted by Gasteiger charge is 2.37. The molecule has 0 bridgehead atoms. The standard InChI is InChI=1S/C14H19N3O3/c15-8-10-5-6-12(20-10)14(19)17-7-1-2-11(17)13(18)16-9-3-4-9/h5-6,9,11H,1-4,7-8,15H2,(H,16,18). The molecule has 2 amide bonds. The minimum Gasteiger partial charge on any atom is -0.455 e. The van der Waals surface area contributed by atoms with E-state index in [1.54, 1.807) is 17.0 Å². The Hall–Kier alpha value is -1.82. The van der Waals surface area contributed by atoms with Crippen LogP contribution in [0, 0.1) is 0 Å². The van der Waals surface area contributed by atoms with Crippen LogP contribution in [0.1, 0.15) is 42.0 Å². The van der Waals surface area contributed by atoms with Crippen molar-refractivity contribution in [1.29, 1.82) is 0 Å². The van der Waals surface area contributed by atoms with Gasteiger partial charge in [0.1, 0.15) is 11.8 Å². The molecule has 0 radical (unpaired) electrons.